The SMILES string of the molecule is NCCCNC(=O)Cn1c(COc2ccccc2)nc2ccccc21. The molecule has 3 rings (SSSR count). The molecular weight excluding hydrogens is 316 g/mol. The van der Waals surface area contributed by atoms with Crippen LogP contribution in [0.2, 0.25) is 0 Å². The number of carbonyl (C=O) groups is 1. The standard InChI is InChI=1S/C19H22N4O2/c20-11-6-12-21-19(24)13-23-17-10-5-4-9-16(17)22-18(23)14-25-15-7-2-1-3-8-15/h1-5,7-10H,6,11-14,20H2,(H,21,24). The summed E-state index contributed by atoms with van der Waals surface area (Å²) in [6, 6.07) is 17.3. The molecule has 1 aromatic heterocycles. The van der Waals surface area contributed by atoms with Crippen molar-refractivity contribution in [3.8, 4) is 5.75 Å². The Morgan fingerprint density at radius 3 is 2.68 bits per heavy atom. The Labute approximate surface area is 146 Å². The molecule has 0 aliphatic heterocycles. The van der Waals surface area contributed by atoms with Gasteiger partial charge in [0, 0.05) is 6.54 Å². The lowest BCUT2D eigenvalue weighted by Gasteiger charge is -2.11. The third kappa shape index (κ3) is 4.36. The van der Waals surface area contributed by atoms with Crippen LogP contribution in [-0.4, -0.2) is 28.5 Å². The van der Waals surface area contributed by atoms with E-state index < -0.39 is 0 Å². The number of hydrogen-bond acceptors (Lipinski definition) is 4. The van der Waals surface area contributed by atoms with Crippen LogP contribution >= 0.6 is 0 Å². The van der Waals surface area contributed by atoms with Gasteiger partial charge in [0.15, 0.2) is 0 Å². The van der Waals surface area contributed by atoms with Gasteiger partial charge in [0.1, 0.15) is 24.7 Å². The summed E-state index contributed by atoms with van der Waals surface area (Å²) in [5.74, 6) is 1.44. The Morgan fingerprint density at radius 2 is 1.88 bits per heavy atom. The van der Waals surface area contributed by atoms with Gasteiger partial charge < -0.3 is 20.4 Å². The summed E-state index contributed by atoms with van der Waals surface area (Å²) in [4.78, 5) is 16.8. The number of aromatic nitrogens is 2. The molecular formula is C19H22N4O2. The van der Waals surface area contributed by atoms with Gasteiger partial charge in [-0.3, -0.25) is 4.79 Å². The molecule has 6 heteroatoms. The first-order valence-corrected chi connectivity index (χ1v) is 8.36. The van der Waals surface area contributed by atoms with Crippen LogP contribution in [0.4, 0.5) is 0 Å². The van der Waals surface area contributed by atoms with Crippen LogP contribution < -0.4 is 15.8 Å². The first-order valence-electron chi connectivity index (χ1n) is 8.36. The molecule has 0 saturated carbocycles. The van der Waals surface area contributed by atoms with E-state index in [1.165, 1.54) is 0 Å². The number of carbonyl (C=O) groups excluding carboxylic acids is 1. The maximum Gasteiger partial charge on any atom is 0.240 e. The molecule has 3 aromatic rings. The Hall–Kier alpha value is -2.86. The number of benzene rings is 2. The Morgan fingerprint density at radius 1 is 1.12 bits per heavy atom. The van der Waals surface area contributed by atoms with Crippen LogP contribution in [0.5, 0.6) is 5.75 Å². The molecule has 0 saturated heterocycles. The van der Waals surface area contributed by atoms with Gasteiger partial charge >= 0.3 is 0 Å². The second-order valence-electron chi connectivity index (χ2n) is 5.70. The lowest BCUT2D eigenvalue weighted by Crippen LogP contribution is -2.30. The van der Waals surface area contributed by atoms with Gasteiger partial charge in [-0.15, -0.1) is 0 Å². The molecule has 0 aliphatic rings. The second kappa shape index (κ2) is 8.30. The molecule has 0 atom stereocenters. The zero-order chi connectivity index (χ0) is 17.5. The van der Waals surface area contributed by atoms with Gasteiger partial charge in [0.05, 0.1) is 11.0 Å². The van der Waals surface area contributed by atoms with Crippen molar-refractivity contribution in [2.24, 2.45) is 5.73 Å². The van der Waals surface area contributed by atoms with E-state index >= 15 is 0 Å². The fraction of sp³-hybridized carbons (Fsp3) is 0.263. The quantitative estimate of drug-likeness (QED) is 0.616. The summed E-state index contributed by atoms with van der Waals surface area (Å²) in [6.45, 7) is 1.65. The van der Waals surface area contributed by atoms with Gasteiger partial charge in [-0.25, -0.2) is 4.98 Å². The Bertz CT molecular complexity index is 830. The highest BCUT2D eigenvalue weighted by Crippen LogP contribution is 2.18. The van der Waals surface area contributed by atoms with Gasteiger partial charge in [-0.05, 0) is 37.2 Å². The molecule has 1 heterocycles. The molecule has 0 radical (unpaired) electrons. The van der Waals surface area contributed by atoms with Gasteiger partial charge in [0.2, 0.25) is 5.91 Å². The summed E-state index contributed by atoms with van der Waals surface area (Å²) in [6.07, 6.45) is 0.764. The van der Waals surface area contributed by atoms with E-state index in [0.29, 0.717) is 19.7 Å². The van der Waals surface area contributed by atoms with Crippen LogP contribution in [0, 0.1) is 0 Å². The molecule has 1 amide bonds. The number of hydrogen-bond donors (Lipinski definition) is 2. The fourth-order valence-electron chi connectivity index (χ4n) is 2.61. The zero-order valence-corrected chi connectivity index (χ0v) is 14.0. The van der Waals surface area contributed by atoms with Crippen LogP contribution in [0.15, 0.2) is 54.6 Å². The van der Waals surface area contributed by atoms with Crippen molar-refractivity contribution >= 4 is 16.9 Å². The molecule has 0 fully saturated rings. The first-order chi connectivity index (χ1) is 12.3. The number of nitrogens with two attached hydrogens (primary N) is 1. The van der Waals surface area contributed by atoms with Gasteiger partial charge in [-0.1, -0.05) is 30.3 Å². The highest BCUT2D eigenvalue weighted by atomic mass is 16.5. The summed E-state index contributed by atoms with van der Waals surface area (Å²) >= 11 is 0. The lowest BCUT2D eigenvalue weighted by molar-refractivity contribution is -0.121. The van der Waals surface area contributed by atoms with E-state index in [2.05, 4.69) is 10.3 Å². The van der Waals surface area contributed by atoms with Crippen molar-refractivity contribution < 1.29 is 9.53 Å². The lowest BCUT2D eigenvalue weighted by atomic mass is 10.3. The molecule has 3 N–H and O–H groups in total. The monoisotopic (exact) mass is 338 g/mol. The number of ether oxygens (including phenoxy) is 1. The number of rotatable bonds is 8. The maximum atomic E-state index is 12.2. The van der Waals surface area contributed by atoms with Crippen LogP contribution in [0.25, 0.3) is 11.0 Å². The molecule has 0 aliphatic carbocycles. The number of nitrogens with one attached hydrogen (secondary N) is 1. The van der Waals surface area contributed by atoms with E-state index in [1.54, 1.807) is 0 Å². The number of nitrogens with zero attached hydrogens (tertiary/aromatic N) is 2. The van der Waals surface area contributed by atoms with E-state index in [-0.39, 0.29) is 12.5 Å². The first kappa shape index (κ1) is 17.0. The van der Waals surface area contributed by atoms with Gasteiger partial charge in [-0.2, -0.15) is 0 Å². The predicted molar refractivity (Wildman–Crippen MR) is 97.2 cm³/mol. The van der Waals surface area contributed by atoms with E-state index in [4.69, 9.17) is 10.5 Å². The van der Waals surface area contributed by atoms with Crippen molar-refractivity contribution in [3.05, 3.63) is 60.4 Å². The highest BCUT2D eigenvalue weighted by molar-refractivity contribution is 5.81. The van der Waals surface area contributed by atoms with Crippen molar-refractivity contribution in [1.29, 1.82) is 0 Å². The van der Waals surface area contributed by atoms with Crippen molar-refractivity contribution in [2.45, 2.75) is 19.6 Å². The van der Waals surface area contributed by atoms with Gasteiger partial charge in [0.25, 0.3) is 0 Å². The van der Waals surface area contributed by atoms with Crippen molar-refractivity contribution in [1.82, 2.24) is 14.9 Å². The summed E-state index contributed by atoms with van der Waals surface area (Å²) in [5.41, 5.74) is 7.23. The number of imidazole rings is 1. The van der Waals surface area contributed by atoms with E-state index in [9.17, 15) is 4.79 Å². The maximum absolute atomic E-state index is 12.2. The van der Waals surface area contributed by atoms with Crippen LogP contribution in [0.1, 0.15) is 12.2 Å². The average molecular weight is 338 g/mol. The second-order valence-corrected chi connectivity index (χ2v) is 5.70. The molecule has 6 nitrogen and oxygen atoms in total. The smallest absolute Gasteiger partial charge is 0.240 e. The number of amides is 1. The summed E-state index contributed by atoms with van der Waals surface area (Å²) < 4.78 is 7.71. The minimum absolute atomic E-state index is 0.0578. The van der Waals surface area contributed by atoms with Crippen LogP contribution in [0.3, 0.4) is 0 Å². The van der Waals surface area contributed by atoms with E-state index in [1.807, 2.05) is 59.2 Å². The average Bonchev–Trinajstić information content (AvgIpc) is 2.99. The minimum atomic E-state index is -0.0578. The fourth-order valence-corrected chi connectivity index (χ4v) is 2.61. The van der Waals surface area contributed by atoms with E-state index in [0.717, 1.165) is 29.0 Å². The predicted octanol–water partition coefficient (Wildman–Crippen LogP) is 2.08. The zero-order valence-electron chi connectivity index (χ0n) is 14.0. The normalized spacial score (nSPS) is 10.8. The van der Waals surface area contributed by atoms with Crippen molar-refractivity contribution in [3.63, 3.8) is 0 Å². The molecule has 0 bridgehead atoms. The molecule has 0 unspecified atom stereocenters. The number of para-hydroxylation sites is 3. The molecule has 25 heavy (non-hydrogen) atoms. The van der Waals surface area contributed by atoms with Crippen molar-refractivity contribution in [2.75, 3.05) is 13.1 Å². The van der Waals surface area contributed by atoms with Crippen LogP contribution in [-0.2, 0) is 17.9 Å². The number of fused-ring (bicyclic) bond motifs is 1. The topological polar surface area (TPSA) is 82.2 Å². The largest absolute Gasteiger partial charge is 0.486 e. The Kier molecular flexibility index (Phi) is 5.64. The third-order valence-corrected chi connectivity index (χ3v) is 3.85. The Balaban J connectivity index is 1.78. The third-order valence-electron chi connectivity index (χ3n) is 3.85. The molecule has 0 spiro atoms. The minimum Gasteiger partial charge on any atom is -0.486 e. The molecule has 130 valence electrons. The summed E-state index contributed by atoms with van der Waals surface area (Å²) in [7, 11) is 0. The summed E-state index contributed by atoms with van der Waals surface area (Å²) in [5, 5.41) is 2.88. The highest BCUT2D eigenvalue weighted by Gasteiger charge is 2.14. The molecule has 2 aromatic carbocycles.